The van der Waals surface area contributed by atoms with Gasteiger partial charge in [0, 0.05) is 12.7 Å². The van der Waals surface area contributed by atoms with Crippen LogP contribution in [0.15, 0.2) is 23.8 Å². The van der Waals surface area contributed by atoms with Crippen LogP contribution in [-0.4, -0.2) is 13.2 Å². The molecule has 0 aromatic heterocycles. The molecule has 0 aromatic rings. The molecule has 11 heavy (non-hydrogen) atoms. The van der Waals surface area contributed by atoms with Crippen LogP contribution in [0.1, 0.15) is 13.3 Å². The van der Waals surface area contributed by atoms with Gasteiger partial charge in [0.15, 0.2) is 0 Å². The van der Waals surface area contributed by atoms with Crippen molar-refractivity contribution < 1.29 is 4.74 Å². The molecule has 1 nitrogen and oxygen atoms in total. The quantitative estimate of drug-likeness (QED) is 0.516. The molecule has 0 spiro atoms. The maximum atomic E-state index is 5.17. The molecule has 0 radical (unpaired) electrons. The van der Waals surface area contributed by atoms with E-state index in [-0.39, 0.29) is 6.10 Å². The second kappa shape index (κ2) is 4.00. The first-order valence-corrected chi connectivity index (χ1v) is 3.70. The summed E-state index contributed by atoms with van der Waals surface area (Å²) in [6.07, 6.45) is 7.36. The molecule has 0 heterocycles. The summed E-state index contributed by atoms with van der Waals surface area (Å²) in [5.41, 5.74) is 1.06. The molecule has 1 rings (SSSR count). The largest absolute Gasteiger partial charge is 0.377 e. The van der Waals surface area contributed by atoms with Gasteiger partial charge in [-0.25, -0.2) is 0 Å². The molecule has 0 aliphatic heterocycles. The van der Waals surface area contributed by atoms with Crippen molar-refractivity contribution >= 4 is 0 Å². The van der Waals surface area contributed by atoms with Crippen LogP contribution in [0, 0.1) is 11.8 Å². The molecule has 0 amide bonds. The Balaban J connectivity index is 2.69. The van der Waals surface area contributed by atoms with Gasteiger partial charge in [-0.2, -0.15) is 0 Å². The zero-order chi connectivity index (χ0) is 8.10. The maximum absolute atomic E-state index is 5.17. The molecule has 1 aliphatic carbocycles. The van der Waals surface area contributed by atoms with Gasteiger partial charge in [-0.1, -0.05) is 18.1 Å². The van der Waals surface area contributed by atoms with E-state index in [1.807, 2.05) is 13.0 Å². The Morgan fingerprint density at radius 1 is 1.64 bits per heavy atom. The lowest BCUT2D eigenvalue weighted by Crippen LogP contribution is -2.08. The van der Waals surface area contributed by atoms with Gasteiger partial charge in [0.05, 0.1) is 6.10 Å². The summed E-state index contributed by atoms with van der Waals surface area (Å²) in [5.74, 6) is 5.85. The third kappa shape index (κ3) is 2.25. The molecule has 1 aliphatic rings. The van der Waals surface area contributed by atoms with Crippen molar-refractivity contribution in [3.8, 4) is 11.8 Å². The predicted molar refractivity (Wildman–Crippen MR) is 46.1 cm³/mol. The predicted octanol–water partition coefficient (Wildman–Crippen LogP) is 1.91. The molecule has 0 N–H and O–H groups in total. The smallest absolute Gasteiger partial charge is 0.0801 e. The number of allylic oxidation sites excluding steroid dienone is 2. The number of ether oxygens (including phenoxy) is 1. The monoisotopic (exact) mass is 148 g/mol. The summed E-state index contributed by atoms with van der Waals surface area (Å²) < 4.78 is 5.17. The van der Waals surface area contributed by atoms with Gasteiger partial charge in [0.25, 0.3) is 0 Å². The van der Waals surface area contributed by atoms with Crippen molar-refractivity contribution in [1.29, 1.82) is 0 Å². The van der Waals surface area contributed by atoms with Crippen molar-refractivity contribution in [1.82, 2.24) is 0 Å². The van der Waals surface area contributed by atoms with Gasteiger partial charge in [0.1, 0.15) is 0 Å². The van der Waals surface area contributed by atoms with Crippen LogP contribution in [0.4, 0.5) is 0 Å². The molecule has 1 unspecified atom stereocenters. The van der Waals surface area contributed by atoms with Crippen LogP contribution < -0.4 is 0 Å². The van der Waals surface area contributed by atoms with E-state index < -0.39 is 0 Å². The minimum atomic E-state index is 0.218. The molecule has 1 atom stereocenters. The molecule has 1 heteroatoms. The van der Waals surface area contributed by atoms with E-state index in [9.17, 15) is 0 Å². The molecule has 0 fully saturated rings. The SMILES string of the molecule is CC#CC1=CC(OC)CC=C1. The van der Waals surface area contributed by atoms with Crippen LogP contribution in [0.3, 0.4) is 0 Å². The topological polar surface area (TPSA) is 9.23 Å². The Bertz CT molecular complexity index is 237. The fraction of sp³-hybridized carbons (Fsp3) is 0.400. The Hall–Kier alpha value is -1.00. The Morgan fingerprint density at radius 3 is 3.09 bits per heavy atom. The third-order valence-corrected chi connectivity index (χ3v) is 1.60. The van der Waals surface area contributed by atoms with Crippen molar-refractivity contribution in [3.05, 3.63) is 23.8 Å². The van der Waals surface area contributed by atoms with Gasteiger partial charge >= 0.3 is 0 Å². The number of methoxy groups -OCH3 is 1. The van der Waals surface area contributed by atoms with Gasteiger partial charge in [-0.3, -0.25) is 0 Å². The lowest BCUT2D eigenvalue weighted by atomic mass is 10.1. The number of hydrogen-bond donors (Lipinski definition) is 0. The Morgan fingerprint density at radius 2 is 2.45 bits per heavy atom. The van der Waals surface area contributed by atoms with E-state index >= 15 is 0 Å². The van der Waals surface area contributed by atoms with E-state index in [4.69, 9.17) is 4.74 Å². The van der Waals surface area contributed by atoms with E-state index in [1.165, 1.54) is 0 Å². The summed E-state index contributed by atoms with van der Waals surface area (Å²) >= 11 is 0. The molecular weight excluding hydrogens is 136 g/mol. The molecule has 0 saturated carbocycles. The summed E-state index contributed by atoms with van der Waals surface area (Å²) in [4.78, 5) is 0. The Labute approximate surface area is 67.8 Å². The van der Waals surface area contributed by atoms with Gasteiger partial charge in [-0.15, -0.1) is 5.92 Å². The number of rotatable bonds is 1. The van der Waals surface area contributed by atoms with Crippen LogP contribution in [0.25, 0.3) is 0 Å². The van der Waals surface area contributed by atoms with Crippen LogP contribution in [-0.2, 0) is 4.74 Å². The second-order valence-electron chi connectivity index (χ2n) is 2.41. The van der Waals surface area contributed by atoms with Crippen LogP contribution in [0.2, 0.25) is 0 Å². The van der Waals surface area contributed by atoms with Crippen molar-refractivity contribution in [2.45, 2.75) is 19.4 Å². The standard InChI is InChI=1S/C10H12O/c1-3-5-9-6-4-7-10(8-9)11-2/h4,6,8,10H,7H2,1-2H3. The van der Waals surface area contributed by atoms with Crippen LogP contribution >= 0.6 is 0 Å². The van der Waals surface area contributed by atoms with Gasteiger partial charge in [0.2, 0.25) is 0 Å². The summed E-state index contributed by atoms with van der Waals surface area (Å²) in [6, 6.07) is 0. The van der Waals surface area contributed by atoms with Crippen molar-refractivity contribution in [3.63, 3.8) is 0 Å². The molecule has 0 saturated heterocycles. The lowest BCUT2D eigenvalue weighted by molar-refractivity contribution is 0.142. The van der Waals surface area contributed by atoms with Crippen LogP contribution in [0.5, 0.6) is 0 Å². The first-order chi connectivity index (χ1) is 5.36. The highest BCUT2D eigenvalue weighted by Crippen LogP contribution is 2.11. The average molecular weight is 148 g/mol. The summed E-state index contributed by atoms with van der Waals surface area (Å²) in [7, 11) is 1.72. The summed E-state index contributed by atoms with van der Waals surface area (Å²) in [6.45, 7) is 1.84. The number of hydrogen-bond acceptors (Lipinski definition) is 1. The van der Waals surface area contributed by atoms with E-state index in [1.54, 1.807) is 7.11 Å². The highest BCUT2D eigenvalue weighted by Gasteiger charge is 2.05. The highest BCUT2D eigenvalue weighted by molar-refractivity contribution is 5.40. The van der Waals surface area contributed by atoms with Gasteiger partial charge in [-0.05, 0) is 19.4 Å². The average Bonchev–Trinajstić information content (AvgIpc) is 2.06. The Kier molecular flexibility index (Phi) is 2.95. The van der Waals surface area contributed by atoms with E-state index in [0.717, 1.165) is 12.0 Å². The molecule has 0 bridgehead atoms. The minimum Gasteiger partial charge on any atom is -0.377 e. The van der Waals surface area contributed by atoms with Crippen molar-refractivity contribution in [2.75, 3.05) is 7.11 Å². The minimum absolute atomic E-state index is 0.218. The first-order valence-electron chi connectivity index (χ1n) is 3.70. The fourth-order valence-electron chi connectivity index (χ4n) is 1.04. The van der Waals surface area contributed by atoms with Gasteiger partial charge < -0.3 is 4.74 Å². The van der Waals surface area contributed by atoms with E-state index in [2.05, 4.69) is 24.0 Å². The fourth-order valence-corrected chi connectivity index (χ4v) is 1.04. The van der Waals surface area contributed by atoms with Crippen molar-refractivity contribution in [2.24, 2.45) is 0 Å². The zero-order valence-electron chi connectivity index (χ0n) is 6.92. The normalized spacial score (nSPS) is 22.0. The highest BCUT2D eigenvalue weighted by atomic mass is 16.5. The molecular formula is C10H12O. The zero-order valence-corrected chi connectivity index (χ0v) is 6.92. The lowest BCUT2D eigenvalue weighted by Gasteiger charge is -2.11. The summed E-state index contributed by atoms with van der Waals surface area (Å²) in [5, 5.41) is 0. The van der Waals surface area contributed by atoms with E-state index in [0.29, 0.717) is 0 Å². The first kappa shape index (κ1) is 8.10. The molecule has 0 aromatic carbocycles. The second-order valence-corrected chi connectivity index (χ2v) is 2.41. The third-order valence-electron chi connectivity index (χ3n) is 1.60. The maximum Gasteiger partial charge on any atom is 0.0801 e. The molecule has 58 valence electrons.